The molecule has 0 aliphatic heterocycles. The summed E-state index contributed by atoms with van der Waals surface area (Å²) in [4.78, 5) is 10.6. The molecule has 1 aromatic heterocycles. The molecule has 0 spiro atoms. The molecule has 0 radical (unpaired) electrons. The zero-order valence-electron chi connectivity index (χ0n) is 9.44. The number of hydrogen-bond donors (Lipinski definition) is 1. The van der Waals surface area contributed by atoms with Gasteiger partial charge < -0.3 is 9.63 Å². The van der Waals surface area contributed by atoms with E-state index in [-0.39, 0.29) is 17.0 Å². The fraction of sp³-hybridized carbons (Fsp3) is 0.167. The summed E-state index contributed by atoms with van der Waals surface area (Å²) in [6.07, 6.45) is -5.27. The summed E-state index contributed by atoms with van der Waals surface area (Å²) in [5, 5.41) is 12.2. The van der Waals surface area contributed by atoms with Gasteiger partial charge in [0, 0.05) is 11.6 Å². The van der Waals surface area contributed by atoms with Gasteiger partial charge in [0.25, 0.3) is 0 Å². The van der Waals surface area contributed by atoms with E-state index in [0.717, 1.165) is 0 Å². The highest BCUT2D eigenvalue weighted by atomic mass is 19.4. The van der Waals surface area contributed by atoms with Crippen molar-refractivity contribution in [2.75, 3.05) is 0 Å². The Hall–Kier alpha value is -2.31. The van der Waals surface area contributed by atoms with Gasteiger partial charge in [0.2, 0.25) is 5.76 Å². The van der Waals surface area contributed by atoms with Gasteiger partial charge in [-0.3, -0.25) is 0 Å². The number of alkyl halides is 3. The first-order valence-corrected chi connectivity index (χ1v) is 5.21. The molecule has 1 heterocycles. The average Bonchev–Trinajstić information content (AvgIpc) is 2.77. The molecule has 4 nitrogen and oxygen atoms in total. The summed E-state index contributed by atoms with van der Waals surface area (Å²) in [6.45, 7) is 0. The van der Waals surface area contributed by atoms with E-state index < -0.39 is 18.6 Å². The minimum Gasteiger partial charge on any atom is -0.475 e. The van der Waals surface area contributed by atoms with E-state index in [9.17, 15) is 18.0 Å². The molecule has 0 saturated carbocycles. The minimum atomic E-state index is -4.26. The highest BCUT2D eigenvalue weighted by molar-refractivity contribution is 5.85. The van der Waals surface area contributed by atoms with Crippen molar-refractivity contribution in [3.63, 3.8) is 0 Å². The van der Waals surface area contributed by atoms with Crippen LogP contribution >= 0.6 is 0 Å². The van der Waals surface area contributed by atoms with Crippen molar-refractivity contribution in [1.29, 1.82) is 0 Å². The summed E-state index contributed by atoms with van der Waals surface area (Å²) >= 11 is 0. The summed E-state index contributed by atoms with van der Waals surface area (Å²) in [7, 11) is 0. The lowest BCUT2D eigenvalue weighted by Crippen LogP contribution is -2.11. The van der Waals surface area contributed by atoms with Crippen molar-refractivity contribution in [3.8, 4) is 11.3 Å². The van der Waals surface area contributed by atoms with E-state index in [1.165, 1.54) is 30.3 Å². The summed E-state index contributed by atoms with van der Waals surface area (Å²) in [5.41, 5.74) is 0.872. The molecule has 0 bridgehead atoms. The first-order chi connectivity index (χ1) is 8.85. The molecular formula is C12H8F3NO3. The van der Waals surface area contributed by atoms with Crippen LogP contribution in [0.5, 0.6) is 0 Å². The lowest BCUT2D eigenvalue weighted by Gasteiger charge is -2.06. The van der Waals surface area contributed by atoms with Crippen LogP contribution in [0.4, 0.5) is 13.2 Å². The second-order valence-electron chi connectivity index (χ2n) is 3.87. The molecule has 0 atom stereocenters. The first kappa shape index (κ1) is 13.1. The van der Waals surface area contributed by atoms with Crippen LogP contribution in [-0.4, -0.2) is 22.4 Å². The predicted octanol–water partition coefficient (Wildman–Crippen LogP) is 3.14. The third-order valence-electron chi connectivity index (χ3n) is 2.38. The van der Waals surface area contributed by atoms with Gasteiger partial charge in [0.15, 0.2) is 0 Å². The SMILES string of the molecule is O=C(O)c1cc(-c2ccc(CC(F)(F)F)cc2)no1. The van der Waals surface area contributed by atoms with E-state index in [0.29, 0.717) is 5.56 Å². The highest BCUT2D eigenvalue weighted by Crippen LogP contribution is 2.24. The summed E-state index contributed by atoms with van der Waals surface area (Å²) < 4.78 is 41.1. The molecular weight excluding hydrogens is 263 g/mol. The Morgan fingerprint density at radius 2 is 1.89 bits per heavy atom. The van der Waals surface area contributed by atoms with Gasteiger partial charge in [-0.05, 0) is 5.56 Å². The monoisotopic (exact) mass is 271 g/mol. The van der Waals surface area contributed by atoms with Gasteiger partial charge in [-0.2, -0.15) is 13.2 Å². The molecule has 0 aliphatic carbocycles. The molecule has 1 N–H and O–H groups in total. The molecule has 2 rings (SSSR count). The van der Waals surface area contributed by atoms with Crippen LogP contribution in [0.2, 0.25) is 0 Å². The van der Waals surface area contributed by atoms with Crippen molar-refractivity contribution in [2.24, 2.45) is 0 Å². The number of hydrogen-bond acceptors (Lipinski definition) is 3. The first-order valence-electron chi connectivity index (χ1n) is 5.21. The number of rotatable bonds is 3. The largest absolute Gasteiger partial charge is 0.475 e. The Labute approximate surface area is 105 Å². The molecule has 0 saturated heterocycles. The molecule has 7 heteroatoms. The average molecular weight is 271 g/mol. The molecule has 100 valence electrons. The molecule has 19 heavy (non-hydrogen) atoms. The number of carboxylic acids is 1. The van der Waals surface area contributed by atoms with Crippen molar-refractivity contribution < 1.29 is 27.6 Å². The third kappa shape index (κ3) is 3.34. The molecule has 2 aromatic rings. The number of nitrogens with zero attached hydrogens (tertiary/aromatic N) is 1. The normalized spacial score (nSPS) is 11.5. The Morgan fingerprint density at radius 3 is 2.37 bits per heavy atom. The molecule has 0 fully saturated rings. The maximum Gasteiger partial charge on any atom is 0.393 e. The van der Waals surface area contributed by atoms with Crippen molar-refractivity contribution in [1.82, 2.24) is 5.16 Å². The standard InChI is InChI=1S/C12H8F3NO3/c13-12(14,15)6-7-1-3-8(4-2-7)9-5-10(11(17)18)19-16-9/h1-5H,6H2,(H,17,18). The number of halogens is 3. The number of aromatic carboxylic acids is 1. The van der Waals surface area contributed by atoms with Gasteiger partial charge in [-0.1, -0.05) is 29.4 Å². The highest BCUT2D eigenvalue weighted by Gasteiger charge is 2.27. The quantitative estimate of drug-likeness (QED) is 0.931. The molecule has 0 aliphatic rings. The fourth-order valence-corrected chi connectivity index (χ4v) is 1.54. The maximum absolute atomic E-state index is 12.2. The van der Waals surface area contributed by atoms with Crippen molar-refractivity contribution in [3.05, 3.63) is 41.7 Å². The van der Waals surface area contributed by atoms with Crippen LogP contribution in [0, 0.1) is 0 Å². The third-order valence-corrected chi connectivity index (χ3v) is 2.38. The summed E-state index contributed by atoms with van der Waals surface area (Å²) in [5.74, 6) is -1.58. The number of carbonyl (C=O) groups is 1. The maximum atomic E-state index is 12.2. The Balaban J connectivity index is 2.20. The van der Waals surface area contributed by atoms with E-state index in [2.05, 4.69) is 9.68 Å². The van der Waals surface area contributed by atoms with Crippen LogP contribution in [0.25, 0.3) is 11.3 Å². The topological polar surface area (TPSA) is 63.3 Å². The van der Waals surface area contributed by atoms with Crippen LogP contribution in [-0.2, 0) is 6.42 Å². The number of carboxylic acid groups (broad SMARTS) is 1. The lowest BCUT2D eigenvalue weighted by atomic mass is 10.1. The zero-order valence-corrected chi connectivity index (χ0v) is 9.44. The van der Waals surface area contributed by atoms with Gasteiger partial charge in [-0.15, -0.1) is 0 Å². The molecule has 0 unspecified atom stereocenters. The second kappa shape index (κ2) is 4.75. The Kier molecular flexibility index (Phi) is 3.28. The van der Waals surface area contributed by atoms with Crippen LogP contribution < -0.4 is 0 Å². The molecule has 1 aromatic carbocycles. The van der Waals surface area contributed by atoms with E-state index >= 15 is 0 Å². The Bertz CT molecular complexity index is 587. The fourth-order valence-electron chi connectivity index (χ4n) is 1.54. The smallest absolute Gasteiger partial charge is 0.393 e. The van der Waals surface area contributed by atoms with Crippen molar-refractivity contribution >= 4 is 5.97 Å². The van der Waals surface area contributed by atoms with Crippen LogP contribution in [0.15, 0.2) is 34.9 Å². The van der Waals surface area contributed by atoms with Crippen LogP contribution in [0.1, 0.15) is 16.1 Å². The lowest BCUT2D eigenvalue weighted by molar-refractivity contribution is -0.127. The van der Waals surface area contributed by atoms with Gasteiger partial charge >= 0.3 is 12.1 Å². The minimum absolute atomic E-state index is 0.123. The van der Waals surface area contributed by atoms with Gasteiger partial charge in [0.1, 0.15) is 5.69 Å². The van der Waals surface area contributed by atoms with E-state index in [4.69, 9.17) is 5.11 Å². The number of aromatic nitrogens is 1. The van der Waals surface area contributed by atoms with Crippen LogP contribution in [0.3, 0.4) is 0 Å². The van der Waals surface area contributed by atoms with E-state index in [1.54, 1.807) is 0 Å². The Morgan fingerprint density at radius 1 is 1.26 bits per heavy atom. The number of benzene rings is 1. The predicted molar refractivity (Wildman–Crippen MR) is 58.7 cm³/mol. The molecule has 0 amide bonds. The van der Waals surface area contributed by atoms with Gasteiger partial charge in [0.05, 0.1) is 6.42 Å². The second-order valence-corrected chi connectivity index (χ2v) is 3.87. The zero-order chi connectivity index (χ0) is 14.0. The van der Waals surface area contributed by atoms with E-state index in [1.807, 2.05) is 0 Å². The summed E-state index contributed by atoms with van der Waals surface area (Å²) in [6, 6.07) is 6.71. The van der Waals surface area contributed by atoms with Crippen molar-refractivity contribution in [2.45, 2.75) is 12.6 Å². The van der Waals surface area contributed by atoms with Gasteiger partial charge in [-0.25, -0.2) is 4.79 Å².